The Morgan fingerprint density at radius 3 is 2.32 bits per heavy atom. The number of ether oxygens (including phenoxy) is 1. The largest absolute Gasteiger partial charge is 0.445 e. The second-order valence-corrected chi connectivity index (χ2v) is 7.36. The van der Waals surface area contributed by atoms with Gasteiger partial charge in [0.15, 0.2) is 0 Å². The van der Waals surface area contributed by atoms with Crippen LogP contribution in [0.5, 0.6) is 0 Å². The number of hydrogen-bond acceptors (Lipinski definition) is 3. The number of benzene rings is 3. The summed E-state index contributed by atoms with van der Waals surface area (Å²) in [7, 11) is 0. The number of fused-ring (bicyclic) bond motifs is 1. The zero-order valence-electron chi connectivity index (χ0n) is 15.7. The van der Waals surface area contributed by atoms with Crippen molar-refractivity contribution < 1.29 is 14.3 Å². The first-order valence-electron chi connectivity index (χ1n) is 9.61. The molecule has 0 aromatic heterocycles. The van der Waals surface area contributed by atoms with Crippen molar-refractivity contribution in [1.82, 2.24) is 4.90 Å². The summed E-state index contributed by atoms with van der Waals surface area (Å²) in [5.74, 6) is 0. The minimum Gasteiger partial charge on any atom is -0.445 e. The van der Waals surface area contributed by atoms with Gasteiger partial charge >= 0.3 is 6.09 Å². The van der Waals surface area contributed by atoms with Gasteiger partial charge in [-0.1, -0.05) is 72.8 Å². The lowest BCUT2D eigenvalue weighted by atomic mass is 9.73. The van der Waals surface area contributed by atoms with E-state index in [-0.39, 0.29) is 12.7 Å². The number of piperidine rings is 1. The molecule has 1 saturated heterocycles. The highest BCUT2D eigenvalue weighted by Crippen LogP contribution is 2.35. The highest BCUT2D eigenvalue weighted by Gasteiger charge is 2.37. The number of rotatable bonds is 4. The molecule has 0 N–H and O–H groups in total. The second-order valence-electron chi connectivity index (χ2n) is 7.36. The number of carbonyl (C=O) groups excluding carboxylic acids is 2. The smallest absolute Gasteiger partial charge is 0.410 e. The first kappa shape index (κ1) is 18.2. The van der Waals surface area contributed by atoms with E-state index in [1.807, 2.05) is 48.5 Å². The third-order valence-electron chi connectivity index (χ3n) is 5.67. The molecule has 0 radical (unpaired) electrons. The van der Waals surface area contributed by atoms with Crippen molar-refractivity contribution >= 4 is 23.2 Å². The van der Waals surface area contributed by atoms with E-state index in [4.69, 9.17) is 4.74 Å². The lowest BCUT2D eigenvalue weighted by Crippen LogP contribution is -2.46. The van der Waals surface area contributed by atoms with Crippen molar-refractivity contribution in [2.24, 2.45) is 0 Å². The first-order valence-corrected chi connectivity index (χ1v) is 9.61. The average Bonchev–Trinajstić information content (AvgIpc) is 2.78. The summed E-state index contributed by atoms with van der Waals surface area (Å²) < 4.78 is 5.43. The number of likely N-dealkylation sites (tertiary alicyclic amines) is 1. The normalized spacial score (nSPS) is 15.9. The fourth-order valence-electron chi connectivity index (χ4n) is 3.87. The van der Waals surface area contributed by atoms with Gasteiger partial charge in [0.1, 0.15) is 12.9 Å². The van der Waals surface area contributed by atoms with Crippen LogP contribution in [-0.4, -0.2) is 30.4 Å². The van der Waals surface area contributed by atoms with Gasteiger partial charge < -0.3 is 14.4 Å². The zero-order chi connectivity index (χ0) is 19.4. The van der Waals surface area contributed by atoms with Crippen LogP contribution >= 0.6 is 0 Å². The summed E-state index contributed by atoms with van der Waals surface area (Å²) in [5.41, 5.74) is 1.45. The van der Waals surface area contributed by atoms with E-state index in [9.17, 15) is 9.59 Å². The molecule has 3 aromatic rings. The van der Waals surface area contributed by atoms with Gasteiger partial charge in [-0.3, -0.25) is 0 Å². The Morgan fingerprint density at radius 2 is 1.61 bits per heavy atom. The van der Waals surface area contributed by atoms with Crippen LogP contribution in [0.2, 0.25) is 0 Å². The molecule has 0 unspecified atom stereocenters. The lowest BCUT2D eigenvalue weighted by Gasteiger charge is -2.38. The maximum Gasteiger partial charge on any atom is 0.410 e. The maximum absolute atomic E-state index is 12.4. The zero-order valence-corrected chi connectivity index (χ0v) is 15.7. The molecular formula is C24H23NO3. The highest BCUT2D eigenvalue weighted by molar-refractivity contribution is 5.85. The van der Waals surface area contributed by atoms with Crippen molar-refractivity contribution in [2.45, 2.75) is 24.9 Å². The lowest BCUT2D eigenvalue weighted by molar-refractivity contribution is -0.114. The molecule has 0 aliphatic carbocycles. The van der Waals surface area contributed by atoms with Crippen LogP contribution in [0.25, 0.3) is 10.8 Å². The monoisotopic (exact) mass is 373 g/mol. The summed E-state index contributed by atoms with van der Waals surface area (Å²) in [4.78, 5) is 26.2. The van der Waals surface area contributed by atoms with E-state index < -0.39 is 5.41 Å². The molecule has 1 fully saturated rings. The Balaban J connectivity index is 1.43. The maximum atomic E-state index is 12.4. The molecule has 0 saturated carbocycles. The Morgan fingerprint density at radius 1 is 0.929 bits per heavy atom. The molecule has 3 aromatic carbocycles. The van der Waals surface area contributed by atoms with Crippen LogP contribution in [0.3, 0.4) is 0 Å². The number of nitrogens with zero attached hydrogens (tertiary/aromatic N) is 1. The van der Waals surface area contributed by atoms with Crippen molar-refractivity contribution in [3.8, 4) is 0 Å². The van der Waals surface area contributed by atoms with Crippen LogP contribution in [-0.2, 0) is 21.6 Å². The summed E-state index contributed by atoms with van der Waals surface area (Å²) in [5, 5.41) is 2.29. The van der Waals surface area contributed by atoms with Crippen molar-refractivity contribution in [2.75, 3.05) is 13.1 Å². The number of aldehydes is 1. The third kappa shape index (κ3) is 3.63. The molecule has 4 rings (SSSR count). The molecule has 1 aliphatic rings. The fraction of sp³-hybridized carbons (Fsp3) is 0.250. The molecular weight excluding hydrogens is 350 g/mol. The molecule has 0 spiro atoms. The van der Waals surface area contributed by atoms with E-state index in [1.54, 1.807) is 4.90 Å². The van der Waals surface area contributed by atoms with Gasteiger partial charge in [0.05, 0.1) is 5.41 Å². The van der Waals surface area contributed by atoms with Crippen LogP contribution in [0.15, 0.2) is 72.8 Å². The molecule has 1 heterocycles. The van der Waals surface area contributed by atoms with Crippen LogP contribution in [0, 0.1) is 0 Å². The summed E-state index contributed by atoms with van der Waals surface area (Å²) in [6, 6.07) is 24.0. The Kier molecular flexibility index (Phi) is 5.11. The summed E-state index contributed by atoms with van der Waals surface area (Å²) in [6.45, 7) is 1.29. The van der Waals surface area contributed by atoms with E-state index in [0.29, 0.717) is 25.9 Å². The third-order valence-corrected chi connectivity index (χ3v) is 5.67. The quantitative estimate of drug-likeness (QED) is 0.622. The van der Waals surface area contributed by atoms with Gasteiger partial charge in [-0.05, 0) is 34.7 Å². The highest BCUT2D eigenvalue weighted by atomic mass is 16.6. The fourth-order valence-corrected chi connectivity index (χ4v) is 3.87. The molecule has 1 aliphatic heterocycles. The second kappa shape index (κ2) is 7.85. The van der Waals surface area contributed by atoms with Crippen LogP contribution in [0.4, 0.5) is 4.79 Å². The van der Waals surface area contributed by atoms with E-state index in [0.717, 1.165) is 28.2 Å². The number of carbonyl (C=O) groups is 2. The predicted molar refractivity (Wildman–Crippen MR) is 109 cm³/mol. The summed E-state index contributed by atoms with van der Waals surface area (Å²) in [6.07, 6.45) is 1.95. The molecule has 4 heteroatoms. The van der Waals surface area contributed by atoms with Crippen molar-refractivity contribution in [1.29, 1.82) is 0 Å². The minimum absolute atomic E-state index is 0.264. The van der Waals surface area contributed by atoms with Gasteiger partial charge in [-0.15, -0.1) is 0 Å². The van der Waals surface area contributed by atoms with E-state index in [1.165, 1.54) is 0 Å². The van der Waals surface area contributed by atoms with Crippen molar-refractivity contribution in [3.63, 3.8) is 0 Å². The number of hydrogen-bond donors (Lipinski definition) is 0. The van der Waals surface area contributed by atoms with Gasteiger partial charge in [0.25, 0.3) is 0 Å². The van der Waals surface area contributed by atoms with Crippen LogP contribution in [0.1, 0.15) is 24.0 Å². The first-order chi connectivity index (χ1) is 13.7. The van der Waals surface area contributed by atoms with Gasteiger partial charge in [0, 0.05) is 13.1 Å². The average molecular weight is 373 g/mol. The van der Waals surface area contributed by atoms with Gasteiger partial charge in [-0.2, -0.15) is 0 Å². The molecule has 1 amide bonds. The molecule has 0 bridgehead atoms. The Labute approximate surface area is 164 Å². The standard InChI is InChI=1S/C24H23NO3/c26-18-24(22-11-10-20-8-4-5-9-21(20)16-22)12-14-25(15-13-24)23(27)28-17-19-6-2-1-3-7-19/h1-11,16,18H,12-15,17H2. The van der Waals surface area contributed by atoms with Gasteiger partial charge in [-0.25, -0.2) is 4.79 Å². The van der Waals surface area contributed by atoms with E-state index in [2.05, 4.69) is 24.3 Å². The minimum atomic E-state index is -0.541. The van der Waals surface area contributed by atoms with E-state index >= 15 is 0 Å². The molecule has 142 valence electrons. The molecule has 28 heavy (non-hydrogen) atoms. The van der Waals surface area contributed by atoms with Crippen LogP contribution < -0.4 is 0 Å². The topological polar surface area (TPSA) is 46.6 Å². The van der Waals surface area contributed by atoms with Gasteiger partial charge in [0.2, 0.25) is 0 Å². The Bertz CT molecular complexity index is 975. The molecule has 0 atom stereocenters. The Hall–Kier alpha value is -3.14. The predicted octanol–water partition coefficient (Wildman–Crippen LogP) is 4.71. The molecule has 4 nitrogen and oxygen atoms in total. The van der Waals surface area contributed by atoms with Crippen molar-refractivity contribution in [3.05, 3.63) is 83.9 Å². The summed E-state index contributed by atoms with van der Waals surface area (Å²) >= 11 is 0. The number of amides is 1. The SMILES string of the molecule is O=CC1(c2ccc3ccccc3c2)CCN(C(=O)OCc2ccccc2)CC1.